The highest BCUT2D eigenvalue weighted by atomic mass is 127. The van der Waals surface area contributed by atoms with Crippen molar-refractivity contribution in [3.63, 3.8) is 0 Å². The number of piperazine rings is 1. The molecule has 1 heterocycles. The molecule has 0 aliphatic carbocycles. The van der Waals surface area contributed by atoms with Crippen LogP contribution in [0.1, 0.15) is 31.9 Å². The molecule has 2 aromatic rings. The first kappa shape index (κ1) is 23.5. The Morgan fingerprint density at radius 2 is 1.52 bits per heavy atom. The first-order valence-electron chi connectivity index (χ1n) is 10.1. The van der Waals surface area contributed by atoms with Crippen molar-refractivity contribution in [3.05, 3.63) is 65.7 Å². The van der Waals surface area contributed by atoms with Gasteiger partial charge in [-0.05, 0) is 44.0 Å². The van der Waals surface area contributed by atoms with Crippen LogP contribution in [0.25, 0.3) is 0 Å². The first-order chi connectivity index (χ1) is 13.4. The summed E-state index contributed by atoms with van der Waals surface area (Å²) >= 11 is 0. The Bertz CT molecular complexity index is 777. The molecule has 0 saturated carbocycles. The van der Waals surface area contributed by atoms with Crippen LogP contribution in [-0.2, 0) is 13.1 Å². The summed E-state index contributed by atoms with van der Waals surface area (Å²) < 4.78 is 0. The van der Waals surface area contributed by atoms with Crippen LogP contribution in [0.3, 0.4) is 0 Å². The standard InChI is InChI=1S/C23H33N5.HI/c1-23(2,3)26-22(24)25-17-19-9-7-8-10-20(19)18-27-13-15-28(16-14-27)21-11-5-4-6-12-21;/h4-12H,13-18H2,1-3H3,(H3,24,25,26);1H. The van der Waals surface area contributed by atoms with Crippen molar-refractivity contribution in [2.75, 3.05) is 31.1 Å². The van der Waals surface area contributed by atoms with Gasteiger partial charge in [0.05, 0.1) is 6.54 Å². The third kappa shape index (κ3) is 7.51. The molecule has 2 aromatic carbocycles. The molecule has 3 N–H and O–H groups in total. The number of halogens is 1. The van der Waals surface area contributed by atoms with Crippen molar-refractivity contribution < 1.29 is 0 Å². The largest absolute Gasteiger partial charge is 0.370 e. The zero-order valence-corrected chi connectivity index (χ0v) is 20.1. The Labute approximate surface area is 192 Å². The van der Waals surface area contributed by atoms with Gasteiger partial charge in [-0.25, -0.2) is 4.99 Å². The first-order valence-corrected chi connectivity index (χ1v) is 10.1. The molecule has 158 valence electrons. The summed E-state index contributed by atoms with van der Waals surface area (Å²) in [7, 11) is 0. The molecule has 3 rings (SSSR count). The van der Waals surface area contributed by atoms with Crippen molar-refractivity contribution in [2.45, 2.75) is 39.4 Å². The third-order valence-corrected chi connectivity index (χ3v) is 4.93. The number of hydrogen-bond acceptors (Lipinski definition) is 3. The Kier molecular flexibility index (Phi) is 8.77. The molecule has 0 radical (unpaired) electrons. The molecular formula is C23H34IN5. The van der Waals surface area contributed by atoms with E-state index in [1.165, 1.54) is 16.8 Å². The van der Waals surface area contributed by atoms with Crippen LogP contribution in [0, 0.1) is 0 Å². The number of benzene rings is 2. The number of aliphatic imine (C=N–C) groups is 1. The van der Waals surface area contributed by atoms with E-state index in [4.69, 9.17) is 5.73 Å². The number of nitrogens with one attached hydrogen (secondary N) is 1. The fourth-order valence-electron chi connectivity index (χ4n) is 3.50. The highest BCUT2D eigenvalue weighted by molar-refractivity contribution is 14.0. The van der Waals surface area contributed by atoms with Gasteiger partial charge < -0.3 is 16.0 Å². The lowest BCUT2D eigenvalue weighted by molar-refractivity contribution is 0.249. The van der Waals surface area contributed by atoms with Gasteiger partial charge in [-0.1, -0.05) is 42.5 Å². The topological polar surface area (TPSA) is 56.9 Å². The van der Waals surface area contributed by atoms with E-state index in [1.807, 2.05) is 0 Å². The highest BCUT2D eigenvalue weighted by Gasteiger charge is 2.18. The molecule has 0 amide bonds. The van der Waals surface area contributed by atoms with Crippen molar-refractivity contribution in [1.82, 2.24) is 10.2 Å². The predicted molar refractivity (Wildman–Crippen MR) is 134 cm³/mol. The second kappa shape index (κ2) is 10.8. The van der Waals surface area contributed by atoms with Crippen LogP contribution in [-0.4, -0.2) is 42.6 Å². The molecule has 0 atom stereocenters. The molecule has 1 saturated heterocycles. The maximum atomic E-state index is 6.04. The lowest BCUT2D eigenvalue weighted by atomic mass is 10.1. The molecular weight excluding hydrogens is 473 g/mol. The average Bonchev–Trinajstić information content (AvgIpc) is 2.67. The van der Waals surface area contributed by atoms with Crippen LogP contribution >= 0.6 is 24.0 Å². The second-order valence-electron chi connectivity index (χ2n) is 8.44. The molecule has 0 aromatic heterocycles. The Balaban J connectivity index is 0.00000300. The van der Waals surface area contributed by atoms with E-state index >= 15 is 0 Å². The second-order valence-corrected chi connectivity index (χ2v) is 8.44. The van der Waals surface area contributed by atoms with Crippen molar-refractivity contribution in [2.24, 2.45) is 10.7 Å². The fourth-order valence-corrected chi connectivity index (χ4v) is 3.50. The Morgan fingerprint density at radius 1 is 0.931 bits per heavy atom. The number of rotatable bonds is 5. The summed E-state index contributed by atoms with van der Waals surface area (Å²) in [5.74, 6) is 0.499. The molecule has 0 bridgehead atoms. The van der Waals surface area contributed by atoms with E-state index in [-0.39, 0.29) is 29.5 Å². The predicted octanol–water partition coefficient (Wildman–Crippen LogP) is 3.83. The van der Waals surface area contributed by atoms with Gasteiger partial charge in [-0.2, -0.15) is 0 Å². The number of nitrogens with zero attached hydrogens (tertiary/aromatic N) is 3. The number of guanidine groups is 1. The maximum Gasteiger partial charge on any atom is 0.189 e. The lowest BCUT2D eigenvalue weighted by Crippen LogP contribution is -2.46. The van der Waals surface area contributed by atoms with Gasteiger partial charge in [-0.15, -0.1) is 24.0 Å². The number of nitrogens with two attached hydrogens (primary N) is 1. The number of para-hydroxylation sites is 1. The van der Waals surface area contributed by atoms with Gasteiger partial charge in [0.25, 0.3) is 0 Å². The molecule has 0 spiro atoms. The minimum atomic E-state index is -0.0778. The van der Waals surface area contributed by atoms with E-state index in [0.717, 1.165) is 32.7 Å². The maximum absolute atomic E-state index is 6.04. The van der Waals surface area contributed by atoms with Crippen LogP contribution in [0.2, 0.25) is 0 Å². The van der Waals surface area contributed by atoms with Crippen LogP contribution in [0.4, 0.5) is 5.69 Å². The van der Waals surface area contributed by atoms with E-state index in [9.17, 15) is 0 Å². The minimum Gasteiger partial charge on any atom is -0.370 e. The van der Waals surface area contributed by atoms with Gasteiger partial charge in [-0.3, -0.25) is 4.90 Å². The fraction of sp³-hybridized carbons (Fsp3) is 0.435. The summed E-state index contributed by atoms with van der Waals surface area (Å²) in [6.45, 7) is 12.1. The Morgan fingerprint density at radius 3 is 2.14 bits per heavy atom. The summed E-state index contributed by atoms with van der Waals surface area (Å²) in [4.78, 5) is 9.53. The number of anilines is 1. The summed E-state index contributed by atoms with van der Waals surface area (Å²) in [6.07, 6.45) is 0. The van der Waals surface area contributed by atoms with Crippen LogP contribution in [0.5, 0.6) is 0 Å². The normalized spacial score (nSPS) is 15.7. The van der Waals surface area contributed by atoms with E-state index in [1.54, 1.807) is 0 Å². The van der Waals surface area contributed by atoms with E-state index in [2.05, 4.69) is 95.5 Å². The summed E-state index contributed by atoms with van der Waals surface area (Å²) in [5, 5.41) is 3.22. The SMILES string of the molecule is CC(C)(C)NC(N)=NCc1ccccc1CN1CCN(c2ccccc2)CC1.I. The van der Waals surface area contributed by atoms with Gasteiger partial charge >= 0.3 is 0 Å². The minimum absolute atomic E-state index is 0. The van der Waals surface area contributed by atoms with Crippen molar-refractivity contribution >= 4 is 35.6 Å². The molecule has 1 fully saturated rings. The van der Waals surface area contributed by atoms with Gasteiger partial charge in [0, 0.05) is 44.0 Å². The van der Waals surface area contributed by atoms with Crippen molar-refractivity contribution in [1.29, 1.82) is 0 Å². The highest BCUT2D eigenvalue weighted by Crippen LogP contribution is 2.18. The average molecular weight is 507 g/mol. The third-order valence-electron chi connectivity index (χ3n) is 4.93. The van der Waals surface area contributed by atoms with Gasteiger partial charge in [0.2, 0.25) is 0 Å². The Hall–Kier alpha value is -1.80. The lowest BCUT2D eigenvalue weighted by Gasteiger charge is -2.36. The van der Waals surface area contributed by atoms with Gasteiger partial charge in [0.1, 0.15) is 0 Å². The van der Waals surface area contributed by atoms with Crippen molar-refractivity contribution in [3.8, 4) is 0 Å². The molecule has 5 nitrogen and oxygen atoms in total. The smallest absolute Gasteiger partial charge is 0.189 e. The van der Waals surface area contributed by atoms with Gasteiger partial charge in [0.15, 0.2) is 5.96 Å². The van der Waals surface area contributed by atoms with Crippen LogP contribution in [0.15, 0.2) is 59.6 Å². The zero-order valence-electron chi connectivity index (χ0n) is 17.8. The quantitative estimate of drug-likeness (QED) is 0.367. The molecule has 29 heavy (non-hydrogen) atoms. The van der Waals surface area contributed by atoms with Crippen LogP contribution < -0.4 is 16.0 Å². The summed E-state index contributed by atoms with van der Waals surface area (Å²) in [5.41, 5.74) is 9.85. The molecule has 1 aliphatic heterocycles. The number of hydrogen-bond donors (Lipinski definition) is 2. The molecule has 0 unspecified atom stereocenters. The summed E-state index contributed by atoms with van der Waals surface area (Å²) in [6, 6.07) is 19.2. The zero-order chi connectivity index (χ0) is 20.0. The monoisotopic (exact) mass is 507 g/mol. The van der Waals surface area contributed by atoms with E-state index < -0.39 is 0 Å². The molecule has 6 heteroatoms. The van der Waals surface area contributed by atoms with E-state index in [0.29, 0.717) is 12.5 Å². The molecule has 1 aliphatic rings.